The Morgan fingerprint density at radius 2 is 1.54 bits per heavy atom. The first-order chi connectivity index (χ1) is 16.9. The Labute approximate surface area is 212 Å². The number of aromatic nitrogens is 3. The molecule has 0 saturated carbocycles. The molecule has 0 amide bonds. The molecule has 194 valence electrons. The van der Waals surface area contributed by atoms with Crippen LogP contribution < -0.4 is 15.5 Å². The highest BCUT2D eigenvalue weighted by Gasteiger charge is 2.21. The summed E-state index contributed by atoms with van der Waals surface area (Å²) >= 11 is 0. The summed E-state index contributed by atoms with van der Waals surface area (Å²) in [5, 5.41) is 7.08. The Balaban J connectivity index is 1.62. The molecule has 1 aliphatic rings. The van der Waals surface area contributed by atoms with E-state index in [1.807, 2.05) is 0 Å². The second-order valence-corrected chi connectivity index (χ2v) is 9.99. The van der Waals surface area contributed by atoms with Gasteiger partial charge in [0.15, 0.2) is 0 Å². The summed E-state index contributed by atoms with van der Waals surface area (Å²) in [4.78, 5) is 21.5. The molecule has 0 atom stereocenters. The van der Waals surface area contributed by atoms with Crippen molar-refractivity contribution in [1.82, 2.24) is 24.8 Å². The lowest BCUT2D eigenvalue weighted by Crippen LogP contribution is -2.40. The van der Waals surface area contributed by atoms with Gasteiger partial charge in [-0.15, -0.1) is 0 Å². The van der Waals surface area contributed by atoms with Crippen LogP contribution in [0.5, 0.6) is 0 Å². The second kappa shape index (κ2) is 13.6. The predicted molar refractivity (Wildman–Crippen MR) is 147 cm³/mol. The fourth-order valence-electron chi connectivity index (χ4n) is 4.83. The van der Waals surface area contributed by atoms with E-state index < -0.39 is 0 Å². The third-order valence-corrected chi connectivity index (χ3v) is 6.82. The molecule has 0 radical (unpaired) electrons. The summed E-state index contributed by atoms with van der Waals surface area (Å²) in [7, 11) is 0. The first-order valence-electron chi connectivity index (χ1n) is 13.4. The van der Waals surface area contributed by atoms with E-state index in [0.717, 1.165) is 64.6 Å². The first-order valence-corrected chi connectivity index (χ1v) is 13.4. The van der Waals surface area contributed by atoms with Gasteiger partial charge in [-0.3, -0.25) is 9.80 Å². The minimum Gasteiger partial charge on any atom is -0.353 e. The van der Waals surface area contributed by atoms with Gasteiger partial charge in [0.25, 0.3) is 0 Å². The van der Waals surface area contributed by atoms with E-state index in [2.05, 4.69) is 97.2 Å². The molecule has 8 heteroatoms. The van der Waals surface area contributed by atoms with Crippen molar-refractivity contribution in [3.05, 3.63) is 35.9 Å². The summed E-state index contributed by atoms with van der Waals surface area (Å²) in [6.07, 6.45) is 2.17. The van der Waals surface area contributed by atoms with Crippen molar-refractivity contribution in [2.24, 2.45) is 0 Å². The summed E-state index contributed by atoms with van der Waals surface area (Å²) in [5.74, 6) is 2.06. The molecule has 0 spiro atoms. The predicted octanol–water partition coefficient (Wildman–Crippen LogP) is 4.33. The molecule has 1 aromatic heterocycles. The lowest BCUT2D eigenvalue weighted by Gasteiger charge is -2.32. The minimum atomic E-state index is 0.374. The lowest BCUT2D eigenvalue weighted by molar-refractivity contribution is 0.182. The molecule has 2 N–H and O–H groups in total. The Bertz CT molecular complexity index is 853. The van der Waals surface area contributed by atoms with E-state index in [0.29, 0.717) is 30.0 Å². The number of rotatable bonds is 13. The van der Waals surface area contributed by atoms with Gasteiger partial charge in [-0.2, -0.15) is 15.0 Å². The Morgan fingerprint density at radius 1 is 0.914 bits per heavy atom. The van der Waals surface area contributed by atoms with Crippen molar-refractivity contribution in [2.75, 3.05) is 54.8 Å². The number of nitrogens with zero attached hydrogens (tertiary/aromatic N) is 6. The molecule has 8 nitrogen and oxygen atoms in total. The van der Waals surface area contributed by atoms with Gasteiger partial charge in [-0.05, 0) is 59.9 Å². The van der Waals surface area contributed by atoms with E-state index in [9.17, 15) is 0 Å². The van der Waals surface area contributed by atoms with Gasteiger partial charge in [0.2, 0.25) is 17.8 Å². The highest BCUT2D eigenvalue weighted by Crippen LogP contribution is 2.19. The van der Waals surface area contributed by atoms with Crippen LogP contribution in [0.25, 0.3) is 0 Å². The quantitative estimate of drug-likeness (QED) is 0.437. The zero-order chi connectivity index (χ0) is 25.2. The van der Waals surface area contributed by atoms with Crippen molar-refractivity contribution in [3.63, 3.8) is 0 Å². The standard InChI is InChI=1S/C27H46N8/c1-7-34(8-2)27-31-25(28-16-19-35(21(3)4)22(5)6)30-26(32-27)29-24-14-17-33(18-15-24)20-23-12-10-9-11-13-23/h9-13,21-22,24H,7-8,14-20H2,1-6H3,(H2,28,29,30,31,32). The van der Waals surface area contributed by atoms with E-state index >= 15 is 0 Å². The molecule has 35 heavy (non-hydrogen) atoms. The fraction of sp³-hybridized carbons (Fsp3) is 0.667. The Kier molecular flexibility index (Phi) is 10.5. The van der Waals surface area contributed by atoms with Crippen molar-refractivity contribution in [2.45, 2.75) is 79.1 Å². The molecular weight excluding hydrogens is 436 g/mol. The normalized spacial score (nSPS) is 15.2. The van der Waals surface area contributed by atoms with Gasteiger partial charge in [0.1, 0.15) is 0 Å². The summed E-state index contributed by atoms with van der Waals surface area (Å²) in [6.45, 7) is 19.9. The number of hydrogen-bond acceptors (Lipinski definition) is 8. The van der Waals surface area contributed by atoms with Crippen LogP contribution in [0.3, 0.4) is 0 Å². The van der Waals surface area contributed by atoms with Gasteiger partial charge < -0.3 is 15.5 Å². The van der Waals surface area contributed by atoms with Gasteiger partial charge in [-0.25, -0.2) is 0 Å². The maximum atomic E-state index is 4.78. The van der Waals surface area contributed by atoms with Crippen LogP contribution >= 0.6 is 0 Å². The van der Waals surface area contributed by atoms with E-state index in [-0.39, 0.29) is 0 Å². The van der Waals surface area contributed by atoms with E-state index in [4.69, 9.17) is 15.0 Å². The van der Waals surface area contributed by atoms with Gasteiger partial charge in [0, 0.05) is 63.9 Å². The van der Waals surface area contributed by atoms with Crippen molar-refractivity contribution >= 4 is 17.8 Å². The van der Waals surface area contributed by atoms with Crippen LogP contribution in [0, 0.1) is 0 Å². The first kappa shape index (κ1) is 27.1. The number of piperidine rings is 1. The number of likely N-dealkylation sites (tertiary alicyclic amines) is 1. The second-order valence-electron chi connectivity index (χ2n) is 9.99. The molecule has 2 aromatic rings. The van der Waals surface area contributed by atoms with Gasteiger partial charge in [-0.1, -0.05) is 30.3 Å². The molecule has 0 unspecified atom stereocenters. The average Bonchev–Trinajstić information content (AvgIpc) is 2.84. The molecule has 2 heterocycles. The van der Waals surface area contributed by atoms with Gasteiger partial charge in [0.05, 0.1) is 0 Å². The topological polar surface area (TPSA) is 72.5 Å². The maximum absolute atomic E-state index is 4.78. The molecule has 3 rings (SSSR count). The van der Waals surface area contributed by atoms with E-state index in [1.54, 1.807) is 0 Å². The largest absolute Gasteiger partial charge is 0.353 e. The molecular formula is C27H46N8. The SMILES string of the molecule is CCN(CC)c1nc(NCCN(C(C)C)C(C)C)nc(NC2CCN(Cc3ccccc3)CC2)n1. The highest BCUT2D eigenvalue weighted by molar-refractivity contribution is 5.44. The van der Waals surface area contributed by atoms with Crippen molar-refractivity contribution < 1.29 is 0 Å². The fourth-order valence-corrected chi connectivity index (χ4v) is 4.83. The molecule has 1 saturated heterocycles. The van der Waals surface area contributed by atoms with Gasteiger partial charge >= 0.3 is 0 Å². The van der Waals surface area contributed by atoms with Crippen molar-refractivity contribution in [3.8, 4) is 0 Å². The zero-order valence-electron chi connectivity index (χ0n) is 22.7. The molecule has 0 bridgehead atoms. The van der Waals surface area contributed by atoms with Crippen LogP contribution in [-0.4, -0.2) is 82.1 Å². The number of nitrogens with one attached hydrogen (secondary N) is 2. The molecule has 0 aliphatic carbocycles. The number of hydrogen-bond donors (Lipinski definition) is 2. The van der Waals surface area contributed by atoms with Crippen LogP contribution in [0.1, 0.15) is 59.9 Å². The monoisotopic (exact) mass is 482 g/mol. The average molecular weight is 483 g/mol. The van der Waals surface area contributed by atoms with Crippen LogP contribution in [0.2, 0.25) is 0 Å². The summed E-state index contributed by atoms with van der Waals surface area (Å²) in [5.41, 5.74) is 1.38. The van der Waals surface area contributed by atoms with Crippen LogP contribution in [0.4, 0.5) is 17.8 Å². The van der Waals surface area contributed by atoms with E-state index in [1.165, 1.54) is 5.56 Å². The summed E-state index contributed by atoms with van der Waals surface area (Å²) < 4.78 is 0. The van der Waals surface area contributed by atoms with Crippen molar-refractivity contribution in [1.29, 1.82) is 0 Å². The third kappa shape index (κ3) is 8.32. The Hall–Kier alpha value is -2.45. The van der Waals surface area contributed by atoms with Crippen LogP contribution in [-0.2, 0) is 6.54 Å². The maximum Gasteiger partial charge on any atom is 0.231 e. The molecule has 1 aliphatic heterocycles. The van der Waals surface area contributed by atoms with Crippen LogP contribution in [0.15, 0.2) is 30.3 Å². The Morgan fingerprint density at radius 3 is 2.14 bits per heavy atom. The zero-order valence-corrected chi connectivity index (χ0v) is 22.7. The highest BCUT2D eigenvalue weighted by atomic mass is 15.3. The third-order valence-electron chi connectivity index (χ3n) is 6.82. The lowest BCUT2D eigenvalue weighted by atomic mass is 10.0. The molecule has 1 fully saturated rings. The number of anilines is 3. The number of benzene rings is 1. The summed E-state index contributed by atoms with van der Waals surface area (Å²) in [6, 6.07) is 12.1. The molecule has 1 aromatic carbocycles. The minimum absolute atomic E-state index is 0.374. The smallest absolute Gasteiger partial charge is 0.231 e.